The van der Waals surface area contributed by atoms with Crippen LogP contribution in [-0.4, -0.2) is 0 Å². The van der Waals surface area contributed by atoms with Gasteiger partial charge in [-0.05, 0) is 58.6 Å². The average Bonchev–Trinajstić information content (AvgIpc) is 2.48. The number of halogens is 3. The molecule has 0 radical (unpaired) electrons. The minimum atomic E-state index is -0.532. The van der Waals surface area contributed by atoms with Gasteiger partial charge in [-0.25, -0.2) is 8.78 Å². The van der Waals surface area contributed by atoms with Gasteiger partial charge >= 0.3 is 0 Å². The fraction of sp³-hybridized carbons (Fsp3) is 0.222. The lowest BCUT2D eigenvalue weighted by Crippen LogP contribution is -1.88. The Morgan fingerprint density at radius 2 is 1.71 bits per heavy atom. The Labute approximate surface area is 132 Å². The van der Waals surface area contributed by atoms with Crippen LogP contribution in [0.15, 0.2) is 40.9 Å². The molecule has 0 nitrogen and oxygen atoms in total. The molecule has 0 aliphatic carbocycles. The third-order valence-electron chi connectivity index (χ3n) is 3.12. The van der Waals surface area contributed by atoms with E-state index in [1.165, 1.54) is 5.56 Å². The maximum absolute atomic E-state index is 13.6. The predicted molar refractivity (Wildman–Crippen MR) is 85.1 cm³/mol. The Balaban J connectivity index is 2.17. The molecule has 0 aromatic heterocycles. The van der Waals surface area contributed by atoms with Crippen molar-refractivity contribution in [3.05, 3.63) is 69.2 Å². The molecule has 0 N–H and O–H groups in total. The van der Waals surface area contributed by atoms with E-state index in [0.29, 0.717) is 0 Å². The van der Waals surface area contributed by atoms with E-state index < -0.39 is 11.6 Å². The van der Waals surface area contributed by atoms with Crippen molar-refractivity contribution in [1.29, 1.82) is 0 Å². The molecule has 0 unspecified atom stereocenters. The van der Waals surface area contributed by atoms with Crippen molar-refractivity contribution in [3.63, 3.8) is 0 Å². The maximum Gasteiger partial charge on any atom is 0.140 e. The fourth-order valence-electron chi connectivity index (χ4n) is 1.89. The van der Waals surface area contributed by atoms with Crippen LogP contribution < -0.4 is 0 Å². The average molecular weight is 349 g/mol. The molecule has 0 spiro atoms. The number of hydrogen-bond acceptors (Lipinski definition) is 0. The lowest BCUT2D eigenvalue weighted by atomic mass is 10.1. The number of aryl methyl sites for hydroxylation is 1. The highest BCUT2D eigenvalue weighted by molar-refractivity contribution is 9.10. The van der Waals surface area contributed by atoms with Gasteiger partial charge in [0.2, 0.25) is 0 Å². The molecule has 0 aliphatic rings. The van der Waals surface area contributed by atoms with Gasteiger partial charge in [0.05, 0.1) is 10.0 Å². The van der Waals surface area contributed by atoms with Crippen LogP contribution in [0.5, 0.6) is 0 Å². The minimum Gasteiger partial charge on any atom is -0.206 e. The van der Waals surface area contributed by atoms with Gasteiger partial charge in [-0.1, -0.05) is 37.3 Å². The lowest BCUT2D eigenvalue weighted by Gasteiger charge is -2.00. The zero-order valence-corrected chi connectivity index (χ0v) is 13.3. The molecule has 0 atom stereocenters. The summed E-state index contributed by atoms with van der Waals surface area (Å²) >= 11 is 2.94. The molecule has 2 aromatic rings. The molecule has 108 valence electrons. The van der Waals surface area contributed by atoms with Crippen molar-refractivity contribution in [2.45, 2.75) is 26.2 Å². The molecular weight excluding hydrogens is 334 g/mol. The van der Waals surface area contributed by atoms with Gasteiger partial charge in [0.15, 0.2) is 0 Å². The van der Waals surface area contributed by atoms with Gasteiger partial charge < -0.3 is 0 Å². The van der Waals surface area contributed by atoms with Crippen LogP contribution >= 0.6 is 15.9 Å². The molecule has 21 heavy (non-hydrogen) atoms. The van der Waals surface area contributed by atoms with Gasteiger partial charge in [0.25, 0.3) is 0 Å². The second kappa shape index (κ2) is 7.38. The van der Waals surface area contributed by atoms with E-state index in [-0.39, 0.29) is 10.0 Å². The highest BCUT2D eigenvalue weighted by Crippen LogP contribution is 2.19. The molecule has 0 saturated carbocycles. The van der Waals surface area contributed by atoms with Crippen LogP contribution in [0.2, 0.25) is 0 Å². The topological polar surface area (TPSA) is 0 Å². The van der Waals surface area contributed by atoms with E-state index in [2.05, 4.69) is 34.7 Å². The van der Waals surface area contributed by atoms with E-state index in [9.17, 15) is 8.78 Å². The molecule has 3 heteroatoms. The van der Waals surface area contributed by atoms with E-state index in [4.69, 9.17) is 0 Å². The smallest absolute Gasteiger partial charge is 0.140 e. The quantitative estimate of drug-likeness (QED) is 0.509. The first-order chi connectivity index (χ1) is 10.1. The first-order valence-electron chi connectivity index (χ1n) is 6.85. The number of hydrogen-bond donors (Lipinski definition) is 0. The number of benzene rings is 2. The molecule has 0 fully saturated rings. The number of unbranched alkanes of at least 4 members (excludes halogenated alkanes) is 1. The van der Waals surface area contributed by atoms with Crippen LogP contribution in [0.4, 0.5) is 8.78 Å². The highest BCUT2D eigenvalue weighted by atomic mass is 79.9. The van der Waals surface area contributed by atoms with Gasteiger partial charge in [0, 0.05) is 5.56 Å². The second-order valence-electron chi connectivity index (χ2n) is 4.80. The van der Waals surface area contributed by atoms with Gasteiger partial charge in [-0.3, -0.25) is 0 Å². The first-order valence-corrected chi connectivity index (χ1v) is 7.65. The van der Waals surface area contributed by atoms with Crippen LogP contribution in [0.3, 0.4) is 0 Å². The van der Waals surface area contributed by atoms with Crippen molar-refractivity contribution in [1.82, 2.24) is 0 Å². The summed E-state index contributed by atoms with van der Waals surface area (Å²) in [6, 6.07) is 10.1. The van der Waals surface area contributed by atoms with Crippen molar-refractivity contribution in [2.75, 3.05) is 0 Å². The highest BCUT2D eigenvalue weighted by Gasteiger charge is 2.05. The number of rotatable bonds is 3. The molecule has 0 amide bonds. The standard InChI is InChI=1S/C18H15BrF2/c1-2-3-4-13-5-7-14(8-6-13)9-10-15-11-18(21)16(19)12-17(15)20/h5-8,11-12H,2-4H2,1H3. The summed E-state index contributed by atoms with van der Waals surface area (Å²) < 4.78 is 27.1. The molecule has 0 saturated heterocycles. The van der Waals surface area contributed by atoms with Gasteiger partial charge in [0.1, 0.15) is 11.6 Å². The van der Waals surface area contributed by atoms with E-state index in [0.717, 1.165) is 37.0 Å². The summed E-state index contributed by atoms with van der Waals surface area (Å²) in [5.74, 6) is 4.48. The fourth-order valence-corrected chi connectivity index (χ4v) is 2.21. The predicted octanol–water partition coefficient (Wildman–Crippen LogP) is 5.47. The maximum atomic E-state index is 13.6. The zero-order chi connectivity index (χ0) is 15.2. The summed E-state index contributed by atoms with van der Waals surface area (Å²) in [7, 11) is 0. The molecule has 0 heterocycles. The van der Waals surface area contributed by atoms with Crippen LogP contribution in [0, 0.1) is 23.5 Å². The normalized spacial score (nSPS) is 10.1. The minimum absolute atomic E-state index is 0.0609. The Morgan fingerprint density at radius 3 is 2.38 bits per heavy atom. The van der Waals surface area contributed by atoms with Crippen molar-refractivity contribution < 1.29 is 8.78 Å². The Hall–Kier alpha value is -1.66. The summed E-state index contributed by atoms with van der Waals surface area (Å²) in [4.78, 5) is 0. The van der Waals surface area contributed by atoms with Crippen molar-refractivity contribution in [3.8, 4) is 11.8 Å². The second-order valence-corrected chi connectivity index (χ2v) is 5.65. The van der Waals surface area contributed by atoms with Crippen LogP contribution in [0.25, 0.3) is 0 Å². The van der Waals surface area contributed by atoms with Crippen LogP contribution in [0.1, 0.15) is 36.5 Å². The van der Waals surface area contributed by atoms with Gasteiger partial charge in [-0.2, -0.15) is 0 Å². The van der Waals surface area contributed by atoms with E-state index in [1.54, 1.807) is 0 Å². The molecule has 0 aliphatic heterocycles. The molecule has 2 rings (SSSR count). The van der Waals surface area contributed by atoms with Gasteiger partial charge in [-0.15, -0.1) is 0 Å². The summed E-state index contributed by atoms with van der Waals surface area (Å²) in [5.41, 5.74) is 2.12. The van der Waals surface area contributed by atoms with E-state index in [1.807, 2.05) is 24.3 Å². The van der Waals surface area contributed by atoms with Crippen molar-refractivity contribution >= 4 is 15.9 Å². The third-order valence-corrected chi connectivity index (χ3v) is 3.73. The largest absolute Gasteiger partial charge is 0.206 e. The Kier molecular flexibility index (Phi) is 5.52. The molecule has 0 bridgehead atoms. The van der Waals surface area contributed by atoms with Crippen molar-refractivity contribution in [2.24, 2.45) is 0 Å². The summed E-state index contributed by atoms with van der Waals surface area (Å²) in [6.07, 6.45) is 3.38. The van der Waals surface area contributed by atoms with Crippen LogP contribution in [-0.2, 0) is 6.42 Å². The monoisotopic (exact) mass is 348 g/mol. The van der Waals surface area contributed by atoms with E-state index >= 15 is 0 Å². The lowest BCUT2D eigenvalue weighted by molar-refractivity contribution is 0.592. The first kappa shape index (κ1) is 15.7. The third kappa shape index (κ3) is 4.41. The summed E-state index contributed by atoms with van der Waals surface area (Å²) in [6.45, 7) is 2.16. The Morgan fingerprint density at radius 1 is 1.00 bits per heavy atom. The molecular formula is C18H15BrF2. The SMILES string of the molecule is CCCCc1ccc(C#Cc2cc(F)c(Br)cc2F)cc1. The Bertz CT molecular complexity index is 679. The summed E-state index contributed by atoms with van der Waals surface area (Å²) in [5, 5.41) is 0. The zero-order valence-electron chi connectivity index (χ0n) is 11.7. The molecule has 2 aromatic carbocycles.